The summed E-state index contributed by atoms with van der Waals surface area (Å²) in [5, 5.41) is 0. The van der Waals surface area contributed by atoms with E-state index in [1.165, 1.54) is 0 Å². The Bertz CT molecular complexity index is 362. The molecule has 0 unspecified atom stereocenters. The van der Waals surface area contributed by atoms with Crippen LogP contribution in [-0.4, -0.2) is 53.5 Å². The van der Waals surface area contributed by atoms with Gasteiger partial charge in [0.1, 0.15) is 16.3 Å². The lowest BCUT2D eigenvalue weighted by atomic mass is 10.0. The van der Waals surface area contributed by atoms with Gasteiger partial charge in [-0.25, -0.2) is 0 Å². The summed E-state index contributed by atoms with van der Waals surface area (Å²) in [5.74, 6) is 0. The molecular formula is C15H35IO4Si3. The minimum atomic E-state index is -1.73. The number of ether oxygens (including phenoxy) is 1. The van der Waals surface area contributed by atoms with Gasteiger partial charge in [0.25, 0.3) is 0 Å². The molecule has 0 N–H and O–H groups in total. The second-order valence-corrected chi connectivity index (χ2v) is 23.9. The van der Waals surface area contributed by atoms with Crippen molar-refractivity contribution in [3.63, 3.8) is 0 Å². The first-order valence-corrected chi connectivity index (χ1v) is 19.9. The normalized spacial score (nSPS) is 33.8. The van der Waals surface area contributed by atoms with E-state index >= 15 is 0 Å². The van der Waals surface area contributed by atoms with Crippen LogP contribution >= 0.6 is 22.6 Å². The summed E-state index contributed by atoms with van der Waals surface area (Å²) < 4.78 is 25.7. The molecule has 1 fully saturated rings. The Labute approximate surface area is 159 Å². The lowest BCUT2D eigenvalue weighted by Crippen LogP contribution is -2.63. The van der Waals surface area contributed by atoms with Crippen LogP contribution < -0.4 is 0 Å². The molecule has 1 aliphatic rings. The van der Waals surface area contributed by atoms with Crippen LogP contribution in [0.4, 0.5) is 0 Å². The van der Waals surface area contributed by atoms with E-state index < -0.39 is 25.0 Å². The van der Waals surface area contributed by atoms with Gasteiger partial charge in [-0.15, -0.1) is 0 Å². The molecule has 0 aromatic rings. The van der Waals surface area contributed by atoms with Crippen molar-refractivity contribution < 1.29 is 18.0 Å². The predicted octanol–water partition coefficient (Wildman–Crippen LogP) is 4.83. The fourth-order valence-electron chi connectivity index (χ4n) is 2.61. The molecule has 1 rings (SSSR count). The monoisotopic (exact) mass is 490 g/mol. The molecule has 138 valence electrons. The van der Waals surface area contributed by atoms with Gasteiger partial charge < -0.3 is 18.0 Å². The van der Waals surface area contributed by atoms with Gasteiger partial charge in [0, 0.05) is 0 Å². The van der Waals surface area contributed by atoms with Crippen molar-refractivity contribution in [3.8, 4) is 0 Å². The van der Waals surface area contributed by atoms with Crippen molar-refractivity contribution >= 4 is 47.5 Å². The molecular weight excluding hydrogens is 455 g/mol. The molecule has 0 radical (unpaired) electrons. The van der Waals surface area contributed by atoms with E-state index in [-0.39, 0.29) is 28.5 Å². The molecule has 0 saturated carbocycles. The second kappa shape index (κ2) is 7.85. The van der Waals surface area contributed by atoms with Gasteiger partial charge >= 0.3 is 0 Å². The van der Waals surface area contributed by atoms with Gasteiger partial charge in [-0.3, -0.25) is 0 Å². The Morgan fingerprint density at radius 2 is 1.00 bits per heavy atom. The molecule has 0 aromatic heterocycles. The zero-order valence-electron chi connectivity index (χ0n) is 16.4. The third kappa shape index (κ3) is 7.97. The SMILES string of the molecule is C[C@@H]1O[C@@H](I)[C@@H](O[Si](C)(C)C)[C@H](O[Si](C)(C)C)[C@@H]1O[Si](C)(C)C. The van der Waals surface area contributed by atoms with Crippen molar-refractivity contribution in [2.24, 2.45) is 0 Å². The van der Waals surface area contributed by atoms with Crippen LogP contribution in [0.25, 0.3) is 0 Å². The summed E-state index contributed by atoms with van der Waals surface area (Å²) in [4.78, 5) is 0. The molecule has 0 spiro atoms. The Hall–Kier alpha value is 1.22. The highest BCUT2D eigenvalue weighted by Gasteiger charge is 2.49. The van der Waals surface area contributed by atoms with Crippen LogP contribution in [0, 0.1) is 0 Å². The topological polar surface area (TPSA) is 36.9 Å². The predicted molar refractivity (Wildman–Crippen MR) is 113 cm³/mol. The first-order chi connectivity index (χ1) is 10.1. The maximum Gasteiger partial charge on any atom is 0.184 e. The van der Waals surface area contributed by atoms with Crippen molar-refractivity contribution in [2.45, 2.75) is 94.4 Å². The Balaban J connectivity index is 3.13. The minimum absolute atomic E-state index is 0.00263. The average Bonchev–Trinajstić information content (AvgIpc) is 2.25. The summed E-state index contributed by atoms with van der Waals surface area (Å²) in [6.45, 7) is 22.1. The zero-order chi connectivity index (χ0) is 18.2. The standard InChI is InChI=1S/C15H35IO4Si3/c1-11-12(18-21(2,3)4)13(19-22(5,6)7)14(15(16)17-11)20-23(8,9)10/h11-15H,1-10H3/t11-,12+,13+,14-,15+/m0/s1. The Morgan fingerprint density at radius 1 is 0.652 bits per heavy atom. The highest BCUT2D eigenvalue weighted by molar-refractivity contribution is 14.1. The number of hydrogen-bond donors (Lipinski definition) is 0. The van der Waals surface area contributed by atoms with E-state index in [4.69, 9.17) is 18.0 Å². The Morgan fingerprint density at radius 3 is 1.39 bits per heavy atom. The number of halogens is 1. The van der Waals surface area contributed by atoms with E-state index in [0.29, 0.717) is 0 Å². The quantitative estimate of drug-likeness (QED) is 0.304. The van der Waals surface area contributed by atoms with Gasteiger partial charge in [-0.1, -0.05) is 0 Å². The molecule has 8 heteroatoms. The van der Waals surface area contributed by atoms with Crippen LogP contribution in [0.15, 0.2) is 0 Å². The van der Waals surface area contributed by atoms with Crippen LogP contribution in [-0.2, 0) is 18.0 Å². The maximum absolute atomic E-state index is 6.59. The lowest BCUT2D eigenvalue weighted by molar-refractivity contribution is -0.171. The Kier molecular flexibility index (Phi) is 7.60. The maximum atomic E-state index is 6.59. The summed E-state index contributed by atoms with van der Waals surface area (Å²) in [7, 11) is -5.14. The van der Waals surface area contributed by atoms with Gasteiger partial charge in [0.15, 0.2) is 25.0 Å². The highest BCUT2D eigenvalue weighted by atomic mass is 127. The summed E-state index contributed by atoms with van der Waals surface area (Å²) in [6, 6.07) is 0. The lowest BCUT2D eigenvalue weighted by Gasteiger charge is -2.49. The van der Waals surface area contributed by atoms with Crippen LogP contribution in [0.2, 0.25) is 58.9 Å². The first kappa shape index (κ1) is 22.3. The van der Waals surface area contributed by atoms with Gasteiger partial charge in [0.2, 0.25) is 0 Å². The third-order valence-electron chi connectivity index (χ3n) is 3.18. The van der Waals surface area contributed by atoms with E-state index in [9.17, 15) is 0 Å². The van der Waals surface area contributed by atoms with Crippen LogP contribution in [0.1, 0.15) is 6.92 Å². The largest absolute Gasteiger partial charge is 0.409 e. The number of alkyl halides is 1. The van der Waals surface area contributed by atoms with Crippen LogP contribution in [0.3, 0.4) is 0 Å². The van der Waals surface area contributed by atoms with E-state index in [1.54, 1.807) is 0 Å². The zero-order valence-corrected chi connectivity index (χ0v) is 21.6. The fourth-order valence-corrected chi connectivity index (χ4v) is 7.20. The first-order valence-electron chi connectivity index (χ1n) is 8.42. The molecule has 0 amide bonds. The third-order valence-corrected chi connectivity index (χ3v) is 7.12. The van der Waals surface area contributed by atoms with Crippen LogP contribution in [0.5, 0.6) is 0 Å². The molecule has 1 aliphatic heterocycles. The molecule has 0 aliphatic carbocycles. The van der Waals surface area contributed by atoms with E-state index in [1.807, 2.05) is 0 Å². The molecule has 0 aromatic carbocycles. The van der Waals surface area contributed by atoms with Crippen molar-refractivity contribution in [2.75, 3.05) is 0 Å². The van der Waals surface area contributed by atoms with Crippen molar-refractivity contribution in [1.29, 1.82) is 0 Å². The smallest absolute Gasteiger partial charge is 0.184 e. The van der Waals surface area contributed by atoms with Gasteiger partial charge in [-0.2, -0.15) is 0 Å². The summed E-state index contributed by atoms with van der Waals surface area (Å²) >= 11 is 2.35. The average molecular weight is 491 g/mol. The van der Waals surface area contributed by atoms with Gasteiger partial charge in [-0.05, 0) is 88.4 Å². The highest BCUT2D eigenvalue weighted by Crippen LogP contribution is 2.35. The van der Waals surface area contributed by atoms with Gasteiger partial charge in [0.05, 0.1) is 12.2 Å². The number of rotatable bonds is 6. The molecule has 23 heavy (non-hydrogen) atoms. The molecule has 4 nitrogen and oxygen atoms in total. The molecule has 1 saturated heterocycles. The van der Waals surface area contributed by atoms with Crippen molar-refractivity contribution in [1.82, 2.24) is 0 Å². The molecule has 5 atom stereocenters. The minimum Gasteiger partial charge on any atom is -0.409 e. The summed E-state index contributed by atoms with van der Waals surface area (Å²) in [5.41, 5.74) is 0. The van der Waals surface area contributed by atoms with E-state index in [0.717, 1.165) is 0 Å². The number of hydrogen-bond acceptors (Lipinski definition) is 4. The van der Waals surface area contributed by atoms with E-state index in [2.05, 4.69) is 88.4 Å². The fraction of sp³-hybridized carbons (Fsp3) is 1.00. The second-order valence-electron chi connectivity index (χ2n) is 9.28. The molecule has 1 heterocycles. The summed E-state index contributed by atoms with van der Waals surface area (Å²) in [6.07, 6.45) is -0.149. The van der Waals surface area contributed by atoms with Crippen molar-refractivity contribution in [3.05, 3.63) is 0 Å². The molecule has 0 bridgehead atoms.